The minimum absolute atomic E-state index is 0.0660. The van der Waals surface area contributed by atoms with E-state index in [2.05, 4.69) is 0 Å². The Kier molecular flexibility index (Phi) is 6.20. The van der Waals surface area contributed by atoms with Crippen LogP contribution in [0.5, 0.6) is 0 Å². The number of likely N-dealkylation sites (tertiary alicyclic amines) is 1. The van der Waals surface area contributed by atoms with Crippen LogP contribution in [0.1, 0.15) is 33.6 Å². The van der Waals surface area contributed by atoms with Crippen LogP contribution >= 0.6 is 0 Å². The minimum atomic E-state index is -2.53. The van der Waals surface area contributed by atoms with E-state index in [1.54, 1.807) is 4.90 Å². The molecule has 0 aromatic carbocycles. The molecule has 4 heteroatoms. The maximum absolute atomic E-state index is 12.6. The number of alkyl halides is 2. The summed E-state index contributed by atoms with van der Waals surface area (Å²) in [5.41, 5.74) is 0. The maximum Gasteiger partial charge on any atom is 0.261 e. The molecule has 0 aliphatic carbocycles. The second kappa shape index (κ2) is 6.30. The molecule has 0 saturated carbocycles. The molecule has 2 nitrogen and oxygen atoms in total. The van der Waals surface area contributed by atoms with E-state index >= 15 is 0 Å². The molecule has 86 valence electrons. The van der Waals surface area contributed by atoms with Gasteiger partial charge in [0.05, 0.1) is 12.6 Å². The highest BCUT2D eigenvalue weighted by Crippen LogP contribution is 2.26. The van der Waals surface area contributed by atoms with Crippen LogP contribution in [-0.4, -0.2) is 41.7 Å². The number of hydrogen-bond acceptors (Lipinski definition) is 2. The van der Waals surface area contributed by atoms with E-state index in [0.29, 0.717) is 19.5 Å². The van der Waals surface area contributed by atoms with Crippen molar-refractivity contribution < 1.29 is 13.9 Å². The van der Waals surface area contributed by atoms with Gasteiger partial charge >= 0.3 is 0 Å². The molecule has 1 unspecified atom stereocenters. The van der Waals surface area contributed by atoms with Crippen molar-refractivity contribution in [3.05, 3.63) is 0 Å². The molecule has 1 fully saturated rings. The summed E-state index contributed by atoms with van der Waals surface area (Å²) in [4.78, 5) is 1.62. The summed E-state index contributed by atoms with van der Waals surface area (Å²) in [7, 11) is 0. The molecule has 1 N–H and O–H groups in total. The van der Waals surface area contributed by atoms with Crippen LogP contribution in [0.3, 0.4) is 0 Å². The smallest absolute Gasteiger partial charge is 0.261 e. The molecule has 1 rings (SSSR count). The summed E-state index contributed by atoms with van der Waals surface area (Å²) < 4.78 is 25.3. The Morgan fingerprint density at radius 1 is 1.43 bits per heavy atom. The molecule has 1 saturated heterocycles. The third kappa shape index (κ3) is 4.86. The summed E-state index contributed by atoms with van der Waals surface area (Å²) >= 11 is 0. The monoisotopic (exact) mass is 209 g/mol. The number of hydrogen-bond donors (Lipinski definition) is 1. The Bertz CT molecular complexity index is 153. The first-order valence-electron chi connectivity index (χ1n) is 5.32. The lowest BCUT2D eigenvalue weighted by Crippen LogP contribution is -2.32. The Morgan fingerprint density at radius 2 is 2.00 bits per heavy atom. The fraction of sp³-hybridized carbons (Fsp3) is 1.00. The summed E-state index contributed by atoms with van der Waals surface area (Å²) in [5, 5.41) is 9.20. The minimum Gasteiger partial charge on any atom is -0.392 e. The second-order valence-electron chi connectivity index (χ2n) is 3.40. The van der Waals surface area contributed by atoms with Gasteiger partial charge in [0.2, 0.25) is 0 Å². The molecule has 1 atom stereocenters. The van der Waals surface area contributed by atoms with Gasteiger partial charge in [-0.25, -0.2) is 8.78 Å². The maximum atomic E-state index is 12.6. The predicted octanol–water partition coefficient (Wildman–Crippen LogP) is 2.12. The van der Waals surface area contributed by atoms with Gasteiger partial charge in [-0.1, -0.05) is 20.8 Å². The first kappa shape index (κ1) is 13.8. The SMILES string of the molecule is CC.CCC(O)CN1CCC(F)(F)C1. The lowest BCUT2D eigenvalue weighted by molar-refractivity contribution is 0.00739. The highest BCUT2D eigenvalue weighted by Gasteiger charge is 2.38. The van der Waals surface area contributed by atoms with E-state index in [1.165, 1.54) is 0 Å². The zero-order valence-corrected chi connectivity index (χ0v) is 9.26. The topological polar surface area (TPSA) is 23.5 Å². The second-order valence-corrected chi connectivity index (χ2v) is 3.40. The van der Waals surface area contributed by atoms with Crippen LogP contribution in [0, 0.1) is 0 Å². The van der Waals surface area contributed by atoms with Gasteiger partial charge in [-0.05, 0) is 6.42 Å². The first-order chi connectivity index (χ1) is 6.53. The molecule has 0 aromatic rings. The van der Waals surface area contributed by atoms with Crippen LogP contribution in [0.4, 0.5) is 8.78 Å². The van der Waals surface area contributed by atoms with Crippen LogP contribution in [0.25, 0.3) is 0 Å². The van der Waals surface area contributed by atoms with Crippen molar-refractivity contribution in [2.75, 3.05) is 19.6 Å². The van der Waals surface area contributed by atoms with Crippen LogP contribution in [0.15, 0.2) is 0 Å². The standard InChI is InChI=1S/C8H15F2NO.C2H6/c1-2-7(12)5-11-4-3-8(9,10)6-11;1-2/h7,12H,2-6H2,1H3;1-2H3. The lowest BCUT2D eigenvalue weighted by atomic mass is 10.2. The van der Waals surface area contributed by atoms with Gasteiger partial charge < -0.3 is 5.11 Å². The molecule has 0 spiro atoms. The van der Waals surface area contributed by atoms with Crippen molar-refractivity contribution in [1.82, 2.24) is 4.90 Å². The van der Waals surface area contributed by atoms with Crippen LogP contribution < -0.4 is 0 Å². The van der Waals surface area contributed by atoms with E-state index in [4.69, 9.17) is 0 Å². The molecule has 1 aliphatic heterocycles. The average molecular weight is 209 g/mol. The number of aliphatic hydroxyl groups excluding tert-OH is 1. The fourth-order valence-corrected chi connectivity index (χ4v) is 1.39. The normalized spacial score (nSPS) is 22.7. The van der Waals surface area contributed by atoms with Gasteiger partial charge in [-0.3, -0.25) is 4.90 Å². The van der Waals surface area contributed by atoms with Gasteiger partial charge in [0, 0.05) is 19.5 Å². The highest BCUT2D eigenvalue weighted by molar-refractivity contribution is 4.82. The van der Waals surface area contributed by atoms with E-state index in [1.807, 2.05) is 20.8 Å². The predicted molar refractivity (Wildman–Crippen MR) is 53.6 cm³/mol. The van der Waals surface area contributed by atoms with Crippen molar-refractivity contribution in [2.45, 2.75) is 45.6 Å². The van der Waals surface area contributed by atoms with E-state index in [9.17, 15) is 13.9 Å². The van der Waals surface area contributed by atoms with Gasteiger partial charge in [0.15, 0.2) is 0 Å². The number of aliphatic hydroxyl groups is 1. The molecule has 0 bridgehead atoms. The van der Waals surface area contributed by atoms with Gasteiger partial charge in [0.25, 0.3) is 5.92 Å². The number of halogens is 2. The molecule has 0 aromatic heterocycles. The molecule has 0 amide bonds. The highest BCUT2D eigenvalue weighted by atomic mass is 19.3. The molecular formula is C10H21F2NO. The summed E-state index contributed by atoms with van der Waals surface area (Å²) in [6.45, 7) is 6.44. The van der Waals surface area contributed by atoms with Crippen LogP contribution in [-0.2, 0) is 0 Å². The van der Waals surface area contributed by atoms with E-state index < -0.39 is 12.0 Å². The van der Waals surface area contributed by atoms with Crippen molar-refractivity contribution in [3.63, 3.8) is 0 Å². The number of β-amino-alcohol motifs (C(OH)–C–C–N with tert-alkyl or cyclic N) is 1. The van der Waals surface area contributed by atoms with E-state index in [-0.39, 0.29) is 13.0 Å². The Labute approximate surface area is 84.9 Å². The van der Waals surface area contributed by atoms with Gasteiger partial charge in [0.1, 0.15) is 0 Å². The Balaban J connectivity index is 0.000000791. The molecule has 0 radical (unpaired) electrons. The zero-order chi connectivity index (χ0) is 11.2. The Morgan fingerprint density at radius 3 is 2.36 bits per heavy atom. The van der Waals surface area contributed by atoms with Crippen LogP contribution in [0.2, 0.25) is 0 Å². The average Bonchev–Trinajstić information content (AvgIpc) is 2.49. The zero-order valence-electron chi connectivity index (χ0n) is 9.26. The summed E-state index contributed by atoms with van der Waals surface area (Å²) in [6.07, 6.45) is 0.102. The van der Waals surface area contributed by atoms with Gasteiger partial charge in [-0.15, -0.1) is 0 Å². The lowest BCUT2D eigenvalue weighted by Gasteiger charge is -2.18. The van der Waals surface area contributed by atoms with E-state index in [0.717, 1.165) is 0 Å². The number of nitrogens with zero attached hydrogens (tertiary/aromatic N) is 1. The van der Waals surface area contributed by atoms with Gasteiger partial charge in [-0.2, -0.15) is 0 Å². The molecular weight excluding hydrogens is 188 g/mol. The van der Waals surface area contributed by atoms with Crippen molar-refractivity contribution in [2.24, 2.45) is 0 Å². The quantitative estimate of drug-likeness (QED) is 0.769. The Hall–Kier alpha value is -0.220. The molecule has 1 heterocycles. The summed E-state index contributed by atoms with van der Waals surface area (Å²) in [5.74, 6) is -2.53. The number of rotatable bonds is 3. The van der Waals surface area contributed by atoms with Crippen molar-refractivity contribution >= 4 is 0 Å². The fourth-order valence-electron chi connectivity index (χ4n) is 1.39. The van der Waals surface area contributed by atoms with Crippen molar-refractivity contribution in [3.8, 4) is 0 Å². The third-order valence-electron chi connectivity index (χ3n) is 2.19. The largest absolute Gasteiger partial charge is 0.392 e. The molecule has 14 heavy (non-hydrogen) atoms. The first-order valence-corrected chi connectivity index (χ1v) is 5.32. The summed E-state index contributed by atoms with van der Waals surface area (Å²) in [6, 6.07) is 0. The third-order valence-corrected chi connectivity index (χ3v) is 2.19. The van der Waals surface area contributed by atoms with Crippen molar-refractivity contribution in [1.29, 1.82) is 0 Å². The molecule has 1 aliphatic rings.